The topological polar surface area (TPSA) is 65.7 Å². The number of nitrogens with zero attached hydrogens (tertiary/aromatic N) is 3. The number of furan rings is 1. The SMILES string of the molecule is CN=C(NCCc1ccco1)NC1CCN(c2ncc(C(F)(F)F)cc2Cl)C1. The summed E-state index contributed by atoms with van der Waals surface area (Å²) in [6, 6.07) is 4.75. The molecule has 0 bridgehead atoms. The molecule has 0 radical (unpaired) electrons. The molecular formula is C18H21ClF3N5O. The van der Waals surface area contributed by atoms with Crippen molar-refractivity contribution in [2.75, 3.05) is 31.6 Å². The second kappa shape index (κ2) is 8.72. The molecule has 2 N–H and O–H groups in total. The van der Waals surface area contributed by atoms with Crippen molar-refractivity contribution in [2.45, 2.75) is 25.1 Å². The summed E-state index contributed by atoms with van der Waals surface area (Å²) in [5.41, 5.74) is -0.851. The molecule has 1 saturated heterocycles. The minimum absolute atomic E-state index is 0.00331. The van der Waals surface area contributed by atoms with Crippen LogP contribution in [0.4, 0.5) is 19.0 Å². The number of hydrogen-bond donors (Lipinski definition) is 2. The van der Waals surface area contributed by atoms with Crippen LogP contribution in [0.5, 0.6) is 0 Å². The summed E-state index contributed by atoms with van der Waals surface area (Å²) in [5, 5.41) is 6.53. The largest absolute Gasteiger partial charge is 0.469 e. The Balaban J connectivity index is 1.53. The summed E-state index contributed by atoms with van der Waals surface area (Å²) in [4.78, 5) is 10.0. The first-order valence-corrected chi connectivity index (χ1v) is 9.22. The van der Waals surface area contributed by atoms with Crippen LogP contribution in [0.15, 0.2) is 40.1 Å². The maximum absolute atomic E-state index is 12.8. The van der Waals surface area contributed by atoms with Gasteiger partial charge in [0, 0.05) is 45.3 Å². The third-order valence-electron chi connectivity index (χ3n) is 4.45. The smallest absolute Gasteiger partial charge is 0.417 e. The van der Waals surface area contributed by atoms with Gasteiger partial charge in [-0.25, -0.2) is 4.98 Å². The summed E-state index contributed by atoms with van der Waals surface area (Å²) in [6.07, 6.45) is -0.488. The number of aliphatic imine (C=N–C) groups is 1. The van der Waals surface area contributed by atoms with Crippen molar-refractivity contribution in [3.8, 4) is 0 Å². The van der Waals surface area contributed by atoms with Crippen LogP contribution in [0, 0.1) is 0 Å². The average molecular weight is 416 g/mol. The molecule has 10 heteroatoms. The molecule has 0 amide bonds. The molecule has 1 atom stereocenters. The van der Waals surface area contributed by atoms with E-state index in [0.29, 0.717) is 31.4 Å². The minimum atomic E-state index is -4.46. The number of nitrogens with one attached hydrogen (secondary N) is 2. The van der Waals surface area contributed by atoms with E-state index in [1.54, 1.807) is 13.3 Å². The van der Waals surface area contributed by atoms with Crippen molar-refractivity contribution in [1.82, 2.24) is 15.6 Å². The lowest BCUT2D eigenvalue weighted by Gasteiger charge is -2.21. The van der Waals surface area contributed by atoms with Crippen molar-refractivity contribution in [1.29, 1.82) is 0 Å². The zero-order valence-electron chi connectivity index (χ0n) is 15.3. The van der Waals surface area contributed by atoms with Crippen LogP contribution in [-0.2, 0) is 12.6 Å². The molecule has 0 aliphatic carbocycles. The highest BCUT2D eigenvalue weighted by Gasteiger charge is 2.33. The molecule has 1 unspecified atom stereocenters. The van der Waals surface area contributed by atoms with Gasteiger partial charge >= 0.3 is 6.18 Å². The van der Waals surface area contributed by atoms with Crippen LogP contribution in [-0.4, -0.2) is 43.7 Å². The molecule has 0 saturated carbocycles. The van der Waals surface area contributed by atoms with Gasteiger partial charge in [-0.1, -0.05) is 11.6 Å². The molecule has 3 heterocycles. The Kier molecular flexibility index (Phi) is 6.33. The second-order valence-electron chi connectivity index (χ2n) is 6.43. The van der Waals surface area contributed by atoms with E-state index >= 15 is 0 Å². The summed E-state index contributed by atoms with van der Waals surface area (Å²) >= 11 is 6.04. The Morgan fingerprint density at radius 2 is 2.29 bits per heavy atom. The van der Waals surface area contributed by atoms with Crippen LogP contribution in [0.3, 0.4) is 0 Å². The number of aromatic nitrogens is 1. The first-order valence-electron chi connectivity index (χ1n) is 8.84. The van der Waals surface area contributed by atoms with Crippen molar-refractivity contribution < 1.29 is 17.6 Å². The highest BCUT2D eigenvalue weighted by molar-refractivity contribution is 6.33. The number of guanidine groups is 1. The zero-order chi connectivity index (χ0) is 20.1. The fourth-order valence-corrected chi connectivity index (χ4v) is 3.32. The predicted octanol–water partition coefficient (Wildman–Crippen LogP) is 3.33. The van der Waals surface area contributed by atoms with Crippen LogP contribution in [0.2, 0.25) is 5.02 Å². The fraction of sp³-hybridized carbons (Fsp3) is 0.444. The molecule has 6 nitrogen and oxygen atoms in total. The van der Waals surface area contributed by atoms with E-state index in [4.69, 9.17) is 16.0 Å². The predicted molar refractivity (Wildman–Crippen MR) is 102 cm³/mol. The lowest BCUT2D eigenvalue weighted by Crippen LogP contribution is -2.45. The van der Waals surface area contributed by atoms with Gasteiger partial charge in [0.2, 0.25) is 0 Å². The van der Waals surface area contributed by atoms with Crippen LogP contribution in [0.1, 0.15) is 17.7 Å². The van der Waals surface area contributed by atoms with E-state index in [0.717, 1.165) is 30.9 Å². The number of alkyl halides is 3. The molecule has 1 aliphatic rings. The van der Waals surface area contributed by atoms with E-state index in [-0.39, 0.29) is 11.1 Å². The molecule has 2 aromatic heterocycles. The van der Waals surface area contributed by atoms with E-state index in [2.05, 4.69) is 20.6 Å². The van der Waals surface area contributed by atoms with E-state index < -0.39 is 11.7 Å². The van der Waals surface area contributed by atoms with Crippen LogP contribution >= 0.6 is 11.6 Å². The van der Waals surface area contributed by atoms with Gasteiger partial charge < -0.3 is 20.0 Å². The van der Waals surface area contributed by atoms with Gasteiger partial charge in [0.05, 0.1) is 16.8 Å². The monoisotopic (exact) mass is 415 g/mol. The zero-order valence-corrected chi connectivity index (χ0v) is 16.0. The molecule has 0 aromatic carbocycles. The third-order valence-corrected chi connectivity index (χ3v) is 4.72. The summed E-state index contributed by atoms with van der Waals surface area (Å²) in [7, 11) is 1.68. The molecule has 152 valence electrons. The second-order valence-corrected chi connectivity index (χ2v) is 6.84. The van der Waals surface area contributed by atoms with E-state index in [9.17, 15) is 13.2 Å². The molecular weight excluding hydrogens is 395 g/mol. The Bertz CT molecular complexity index is 810. The van der Waals surface area contributed by atoms with Crippen LogP contribution in [0.25, 0.3) is 0 Å². The van der Waals surface area contributed by atoms with E-state index in [1.807, 2.05) is 17.0 Å². The van der Waals surface area contributed by atoms with Crippen molar-refractivity contribution in [3.63, 3.8) is 0 Å². The van der Waals surface area contributed by atoms with Gasteiger partial charge in [-0.3, -0.25) is 4.99 Å². The van der Waals surface area contributed by atoms with Crippen LogP contribution < -0.4 is 15.5 Å². The molecule has 1 fully saturated rings. The number of halogens is 4. The molecule has 1 aliphatic heterocycles. The first-order chi connectivity index (χ1) is 13.4. The highest BCUT2D eigenvalue weighted by Crippen LogP contribution is 2.34. The van der Waals surface area contributed by atoms with Gasteiger partial charge in [-0.15, -0.1) is 0 Å². The number of hydrogen-bond acceptors (Lipinski definition) is 4. The van der Waals surface area contributed by atoms with Gasteiger partial charge in [-0.2, -0.15) is 13.2 Å². The Morgan fingerprint density at radius 1 is 1.46 bits per heavy atom. The Labute approximate surface area is 165 Å². The third kappa shape index (κ3) is 5.09. The molecule has 2 aromatic rings. The molecule has 28 heavy (non-hydrogen) atoms. The molecule has 0 spiro atoms. The van der Waals surface area contributed by atoms with Gasteiger partial charge in [0.15, 0.2) is 5.96 Å². The maximum atomic E-state index is 12.8. The quantitative estimate of drug-likeness (QED) is 0.579. The summed E-state index contributed by atoms with van der Waals surface area (Å²) in [5.74, 6) is 1.91. The van der Waals surface area contributed by atoms with Gasteiger partial charge in [0.1, 0.15) is 11.6 Å². The maximum Gasteiger partial charge on any atom is 0.417 e. The number of rotatable bonds is 5. The average Bonchev–Trinajstić information content (AvgIpc) is 3.32. The highest BCUT2D eigenvalue weighted by atomic mass is 35.5. The lowest BCUT2D eigenvalue weighted by atomic mass is 10.2. The normalized spacial score (nSPS) is 17.8. The Morgan fingerprint density at radius 3 is 2.93 bits per heavy atom. The number of anilines is 1. The Hall–Kier alpha value is -2.42. The van der Waals surface area contributed by atoms with Crippen molar-refractivity contribution in [2.24, 2.45) is 4.99 Å². The first kappa shape index (κ1) is 20.3. The minimum Gasteiger partial charge on any atom is -0.469 e. The van der Waals surface area contributed by atoms with Gasteiger partial charge in [-0.05, 0) is 24.6 Å². The summed E-state index contributed by atoms with van der Waals surface area (Å²) < 4.78 is 43.6. The fourth-order valence-electron chi connectivity index (χ4n) is 3.04. The lowest BCUT2D eigenvalue weighted by molar-refractivity contribution is -0.137. The number of pyridine rings is 1. The molecule has 3 rings (SSSR count). The van der Waals surface area contributed by atoms with E-state index in [1.165, 1.54) is 0 Å². The standard InChI is InChI=1S/C18H21ClF3N5O/c1-23-17(24-6-4-14-3-2-8-28-14)26-13-5-7-27(11-13)16-15(19)9-12(10-25-16)18(20,21)22/h2-3,8-10,13H,4-7,11H2,1H3,(H2,23,24,26). The van der Waals surface area contributed by atoms with Crippen molar-refractivity contribution >= 4 is 23.4 Å². The van der Waals surface area contributed by atoms with Gasteiger partial charge in [0.25, 0.3) is 0 Å². The van der Waals surface area contributed by atoms with Crippen molar-refractivity contribution in [3.05, 3.63) is 47.0 Å². The summed E-state index contributed by atoms with van der Waals surface area (Å²) in [6.45, 7) is 1.87.